The zero-order valence-electron chi connectivity index (χ0n) is 11.6. The lowest BCUT2D eigenvalue weighted by molar-refractivity contribution is -0.130. The van der Waals surface area contributed by atoms with Crippen LogP contribution in [-0.4, -0.2) is 31.0 Å². The summed E-state index contributed by atoms with van der Waals surface area (Å²) in [5, 5.41) is 0. The van der Waals surface area contributed by atoms with Gasteiger partial charge in [-0.05, 0) is 31.0 Å². The van der Waals surface area contributed by atoms with Crippen molar-refractivity contribution < 1.29 is 9.53 Å². The second-order valence-corrected chi connectivity index (χ2v) is 4.35. The van der Waals surface area contributed by atoms with E-state index >= 15 is 0 Å². The van der Waals surface area contributed by atoms with E-state index in [9.17, 15) is 4.79 Å². The van der Waals surface area contributed by atoms with Crippen molar-refractivity contribution in [2.24, 2.45) is 0 Å². The Hall–Kier alpha value is -1.51. The van der Waals surface area contributed by atoms with Gasteiger partial charge in [0.05, 0.1) is 13.5 Å². The fourth-order valence-electron chi connectivity index (χ4n) is 1.84. The number of hydrogen-bond acceptors (Lipinski definition) is 2. The maximum absolute atomic E-state index is 12.1. The van der Waals surface area contributed by atoms with Crippen molar-refractivity contribution >= 4 is 5.91 Å². The highest BCUT2D eigenvalue weighted by atomic mass is 16.5. The van der Waals surface area contributed by atoms with Crippen LogP contribution in [0.4, 0.5) is 0 Å². The van der Waals surface area contributed by atoms with Gasteiger partial charge in [0.25, 0.3) is 0 Å². The average Bonchev–Trinajstić information content (AvgIpc) is 2.40. The Morgan fingerprint density at radius 3 is 2.39 bits per heavy atom. The number of likely N-dealkylation sites (N-methyl/N-ethyl adjacent to an activating group) is 1. The first kappa shape index (κ1) is 14.6. The van der Waals surface area contributed by atoms with Gasteiger partial charge in [-0.1, -0.05) is 25.5 Å². The SMILES string of the molecule is CCCCN(CC)C(=O)Cc1ccc(OC)cc1. The minimum absolute atomic E-state index is 0.205. The minimum Gasteiger partial charge on any atom is -0.497 e. The Morgan fingerprint density at radius 1 is 1.22 bits per heavy atom. The number of amides is 1. The Labute approximate surface area is 110 Å². The highest BCUT2D eigenvalue weighted by Gasteiger charge is 2.11. The van der Waals surface area contributed by atoms with E-state index in [4.69, 9.17) is 4.74 Å². The quantitative estimate of drug-likeness (QED) is 0.743. The van der Waals surface area contributed by atoms with E-state index < -0.39 is 0 Å². The third-order valence-electron chi connectivity index (χ3n) is 3.03. The summed E-state index contributed by atoms with van der Waals surface area (Å²) in [6.07, 6.45) is 2.66. The molecule has 0 saturated carbocycles. The highest BCUT2D eigenvalue weighted by molar-refractivity contribution is 5.78. The molecule has 1 amide bonds. The van der Waals surface area contributed by atoms with Crippen LogP contribution in [0.25, 0.3) is 0 Å². The van der Waals surface area contributed by atoms with Crippen molar-refractivity contribution in [3.63, 3.8) is 0 Å². The molecule has 0 aliphatic rings. The van der Waals surface area contributed by atoms with E-state index in [-0.39, 0.29) is 5.91 Å². The average molecular weight is 249 g/mol. The van der Waals surface area contributed by atoms with Gasteiger partial charge in [0.1, 0.15) is 5.75 Å². The van der Waals surface area contributed by atoms with Gasteiger partial charge in [0, 0.05) is 13.1 Å². The maximum Gasteiger partial charge on any atom is 0.226 e. The molecule has 0 aromatic heterocycles. The molecular weight excluding hydrogens is 226 g/mol. The third kappa shape index (κ3) is 4.40. The number of carbonyl (C=O) groups is 1. The molecular formula is C15H23NO2. The summed E-state index contributed by atoms with van der Waals surface area (Å²) < 4.78 is 5.10. The van der Waals surface area contributed by atoms with Gasteiger partial charge < -0.3 is 9.64 Å². The number of benzene rings is 1. The summed E-state index contributed by atoms with van der Waals surface area (Å²) in [6, 6.07) is 7.69. The van der Waals surface area contributed by atoms with Crippen molar-refractivity contribution in [3.05, 3.63) is 29.8 Å². The number of methoxy groups -OCH3 is 1. The standard InChI is InChI=1S/C15H23NO2/c1-4-6-11-16(5-2)15(17)12-13-7-9-14(18-3)10-8-13/h7-10H,4-6,11-12H2,1-3H3. The molecule has 18 heavy (non-hydrogen) atoms. The molecule has 3 heteroatoms. The predicted molar refractivity (Wildman–Crippen MR) is 73.9 cm³/mol. The number of ether oxygens (including phenoxy) is 1. The van der Waals surface area contributed by atoms with Crippen molar-refractivity contribution in [3.8, 4) is 5.75 Å². The van der Waals surface area contributed by atoms with E-state index in [0.29, 0.717) is 6.42 Å². The van der Waals surface area contributed by atoms with E-state index in [2.05, 4.69) is 6.92 Å². The maximum atomic E-state index is 12.1. The largest absolute Gasteiger partial charge is 0.497 e. The van der Waals surface area contributed by atoms with Crippen molar-refractivity contribution in [2.75, 3.05) is 20.2 Å². The van der Waals surface area contributed by atoms with Crippen LogP contribution in [0.15, 0.2) is 24.3 Å². The number of nitrogens with zero attached hydrogens (tertiary/aromatic N) is 1. The number of hydrogen-bond donors (Lipinski definition) is 0. The first-order valence-corrected chi connectivity index (χ1v) is 6.62. The molecule has 0 atom stereocenters. The second-order valence-electron chi connectivity index (χ2n) is 4.35. The Morgan fingerprint density at radius 2 is 1.89 bits per heavy atom. The van der Waals surface area contributed by atoms with E-state index in [1.807, 2.05) is 36.1 Å². The smallest absolute Gasteiger partial charge is 0.226 e. The van der Waals surface area contributed by atoms with Gasteiger partial charge in [-0.15, -0.1) is 0 Å². The summed E-state index contributed by atoms with van der Waals surface area (Å²) in [7, 11) is 1.64. The lowest BCUT2D eigenvalue weighted by Gasteiger charge is -2.20. The molecule has 0 fully saturated rings. The molecule has 0 saturated heterocycles. The Kier molecular flexibility index (Phi) is 6.26. The molecule has 1 aromatic rings. The van der Waals surface area contributed by atoms with E-state index in [1.165, 1.54) is 0 Å². The number of unbranched alkanes of at least 4 members (excludes halogenated alkanes) is 1. The van der Waals surface area contributed by atoms with Crippen LogP contribution in [0.3, 0.4) is 0 Å². The highest BCUT2D eigenvalue weighted by Crippen LogP contribution is 2.12. The minimum atomic E-state index is 0.205. The number of rotatable bonds is 7. The molecule has 1 rings (SSSR count). The van der Waals surface area contributed by atoms with Crippen LogP contribution in [0.5, 0.6) is 5.75 Å². The summed E-state index contributed by atoms with van der Waals surface area (Å²) in [5.41, 5.74) is 1.04. The number of carbonyl (C=O) groups excluding carboxylic acids is 1. The van der Waals surface area contributed by atoms with Gasteiger partial charge >= 0.3 is 0 Å². The van der Waals surface area contributed by atoms with Crippen LogP contribution in [-0.2, 0) is 11.2 Å². The first-order chi connectivity index (χ1) is 8.71. The first-order valence-electron chi connectivity index (χ1n) is 6.62. The summed E-state index contributed by atoms with van der Waals surface area (Å²) in [5.74, 6) is 1.03. The van der Waals surface area contributed by atoms with E-state index in [1.54, 1.807) is 7.11 Å². The normalized spacial score (nSPS) is 10.2. The van der Waals surface area contributed by atoms with Crippen LogP contribution in [0.2, 0.25) is 0 Å². The molecule has 0 aliphatic carbocycles. The second kappa shape index (κ2) is 7.75. The van der Waals surface area contributed by atoms with Gasteiger partial charge in [-0.2, -0.15) is 0 Å². The van der Waals surface area contributed by atoms with Crippen LogP contribution in [0.1, 0.15) is 32.3 Å². The summed E-state index contributed by atoms with van der Waals surface area (Å²) in [6.45, 7) is 5.82. The van der Waals surface area contributed by atoms with Crippen LogP contribution < -0.4 is 4.74 Å². The van der Waals surface area contributed by atoms with Crippen molar-refractivity contribution in [2.45, 2.75) is 33.1 Å². The van der Waals surface area contributed by atoms with Crippen molar-refractivity contribution in [1.82, 2.24) is 4.90 Å². The molecule has 3 nitrogen and oxygen atoms in total. The molecule has 0 aliphatic heterocycles. The summed E-state index contributed by atoms with van der Waals surface area (Å²) in [4.78, 5) is 14.0. The zero-order chi connectivity index (χ0) is 13.4. The monoisotopic (exact) mass is 249 g/mol. The lowest BCUT2D eigenvalue weighted by atomic mass is 10.1. The molecule has 0 radical (unpaired) electrons. The van der Waals surface area contributed by atoms with Crippen LogP contribution in [0, 0.1) is 0 Å². The molecule has 0 heterocycles. The zero-order valence-corrected chi connectivity index (χ0v) is 11.6. The fourth-order valence-corrected chi connectivity index (χ4v) is 1.84. The fraction of sp³-hybridized carbons (Fsp3) is 0.533. The topological polar surface area (TPSA) is 29.5 Å². The Bertz CT molecular complexity index is 359. The lowest BCUT2D eigenvalue weighted by Crippen LogP contribution is -2.32. The molecule has 0 bridgehead atoms. The predicted octanol–water partition coefficient (Wildman–Crippen LogP) is 2.89. The van der Waals surface area contributed by atoms with E-state index in [0.717, 1.165) is 37.2 Å². The van der Waals surface area contributed by atoms with Gasteiger partial charge in [-0.25, -0.2) is 0 Å². The van der Waals surface area contributed by atoms with Gasteiger partial charge in [0.15, 0.2) is 0 Å². The van der Waals surface area contributed by atoms with Crippen molar-refractivity contribution in [1.29, 1.82) is 0 Å². The third-order valence-corrected chi connectivity index (χ3v) is 3.03. The molecule has 0 spiro atoms. The van der Waals surface area contributed by atoms with Gasteiger partial charge in [0.2, 0.25) is 5.91 Å². The van der Waals surface area contributed by atoms with Crippen LogP contribution >= 0.6 is 0 Å². The molecule has 0 N–H and O–H groups in total. The molecule has 100 valence electrons. The van der Waals surface area contributed by atoms with Gasteiger partial charge in [-0.3, -0.25) is 4.79 Å². The Balaban J connectivity index is 2.55. The molecule has 1 aromatic carbocycles. The molecule has 0 unspecified atom stereocenters. The summed E-state index contributed by atoms with van der Waals surface area (Å²) >= 11 is 0.